The highest BCUT2D eigenvalue weighted by Gasteiger charge is 2.54. The van der Waals surface area contributed by atoms with Crippen LogP contribution in [0.1, 0.15) is 68.2 Å². The summed E-state index contributed by atoms with van der Waals surface area (Å²) in [7, 11) is 0. The Morgan fingerprint density at radius 3 is 0.923 bits per heavy atom. The van der Waals surface area contributed by atoms with Gasteiger partial charge in [0.2, 0.25) is 0 Å². The molecule has 0 spiro atoms. The molecule has 20 nitrogen and oxygen atoms in total. The average molecular weight is 751 g/mol. The van der Waals surface area contributed by atoms with Crippen molar-refractivity contribution < 1.29 is 95.2 Å². The lowest BCUT2D eigenvalue weighted by Crippen LogP contribution is -2.63. The number of hydrogen-bond acceptors (Lipinski definition) is 20. The van der Waals surface area contributed by atoms with Crippen LogP contribution in [0.15, 0.2) is 0 Å². The van der Waals surface area contributed by atoms with Gasteiger partial charge < -0.3 is 56.8 Å². The van der Waals surface area contributed by atoms with E-state index in [1.807, 2.05) is 0 Å². The van der Waals surface area contributed by atoms with Gasteiger partial charge in [0.15, 0.2) is 49.2 Å². The Balaban J connectivity index is 2.20. The van der Waals surface area contributed by atoms with Crippen molar-refractivity contribution >= 4 is 47.8 Å². The molecule has 20 heteroatoms. The van der Waals surface area contributed by atoms with Crippen LogP contribution in [0.2, 0.25) is 0 Å². The Hall–Kier alpha value is -4.40. The molecule has 0 bridgehead atoms. The van der Waals surface area contributed by atoms with Crippen molar-refractivity contribution in [1.82, 2.24) is 0 Å². The summed E-state index contributed by atoms with van der Waals surface area (Å²) < 4.78 is 65.8. The van der Waals surface area contributed by atoms with Crippen LogP contribution >= 0.6 is 0 Å². The normalized spacial score (nSPS) is 28.3. The highest BCUT2D eigenvalue weighted by atomic mass is 16.7. The van der Waals surface area contributed by atoms with Crippen LogP contribution in [0.5, 0.6) is 0 Å². The van der Waals surface area contributed by atoms with Gasteiger partial charge >= 0.3 is 47.8 Å². The number of rotatable bonds is 17. The summed E-state index contributed by atoms with van der Waals surface area (Å²) in [6.07, 6.45) is -13.0. The minimum Gasteiger partial charge on any atom is -0.463 e. The first kappa shape index (κ1) is 43.8. The zero-order chi connectivity index (χ0) is 39.1. The van der Waals surface area contributed by atoms with Gasteiger partial charge in [0.05, 0.1) is 0 Å². The molecule has 2 rings (SSSR count). The molecule has 0 aromatic heterocycles. The molecule has 0 N–H and O–H groups in total. The summed E-state index contributed by atoms with van der Waals surface area (Å²) in [5, 5.41) is 0. The molecule has 2 fully saturated rings. The maximum Gasteiger partial charge on any atom is 0.303 e. The number of unbranched alkanes of at least 4 members (excludes halogenated alkanes) is 1. The van der Waals surface area contributed by atoms with Crippen LogP contribution in [0, 0.1) is 0 Å². The SMILES string of the molecule is CC(=O)OC[C@H]1OC(OCCCCOC2O[C@H](COC(C)=O)[C@@H](OC(C)=O)[C@H](OC(C)=O)[C@H]2OC(C)=O)[C@H](OC(C)=O)[C@@H](OC(C)=O)[C@@H]1OC(C)=O. The third-order valence-corrected chi connectivity index (χ3v) is 7.00. The molecule has 52 heavy (non-hydrogen) atoms. The van der Waals surface area contributed by atoms with E-state index in [0.717, 1.165) is 55.4 Å². The van der Waals surface area contributed by atoms with Crippen molar-refractivity contribution in [2.24, 2.45) is 0 Å². The molecule has 2 aliphatic heterocycles. The smallest absolute Gasteiger partial charge is 0.303 e. The van der Waals surface area contributed by atoms with Gasteiger partial charge in [0, 0.05) is 68.6 Å². The van der Waals surface area contributed by atoms with E-state index in [1.165, 1.54) is 0 Å². The lowest BCUT2D eigenvalue weighted by atomic mass is 9.98. The van der Waals surface area contributed by atoms with E-state index < -0.39 is 122 Å². The molecule has 0 saturated carbocycles. The lowest BCUT2D eigenvalue weighted by molar-refractivity contribution is -0.310. The number of esters is 8. The van der Waals surface area contributed by atoms with Crippen LogP contribution in [-0.2, 0) is 95.2 Å². The van der Waals surface area contributed by atoms with E-state index in [2.05, 4.69) is 0 Å². The second-order valence-electron chi connectivity index (χ2n) is 11.6. The molecule has 2 aliphatic rings. The largest absolute Gasteiger partial charge is 0.463 e. The van der Waals surface area contributed by atoms with Crippen LogP contribution in [-0.4, -0.2) is 136 Å². The molecule has 0 aromatic carbocycles. The van der Waals surface area contributed by atoms with Gasteiger partial charge in [-0.1, -0.05) is 0 Å². The molecular weight excluding hydrogens is 704 g/mol. The van der Waals surface area contributed by atoms with Crippen LogP contribution in [0.25, 0.3) is 0 Å². The molecular formula is C32H46O20. The summed E-state index contributed by atoms with van der Waals surface area (Å²) in [6.45, 7) is 7.85. The highest BCUT2D eigenvalue weighted by Crippen LogP contribution is 2.32. The molecule has 0 radical (unpaired) electrons. The van der Waals surface area contributed by atoms with Crippen LogP contribution in [0.3, 0.4) is 0 Å². The van der Waals surface area contributed by atoms with Crippen LogP contribution < -0.4 is 0 Å². The second kappa shape index (κ2) is 21.2. The summed E-state index contributed by atoms with van der Waals surface area (Å²) >= 11 is 0. The Bertz CT molecular complexity index is 1190. The number of ether oxygens (including phenoxy) is 12. The Morgan fingerprint density at radius 1 is 0.385 bits per heavy atom. The fourth-order valence-electron chi connectivity index (χ4n) is 5.25. The zero-order valence-electron chi connectivity index (χ0n) is 30.2. The number of carbonyl (C=O) groups is 8. The Morgan fingerprint density at radius 2 is 0.654 bits per heavy atom. The van der Waals surface area contributed by atoms with E-state index in [-0.39, 0.29) is 26.1 Å². The first-order valence-corrected chi connectivity index (χ1v) is 16.2. The van der Waals surface area contributed by atoms with E-state index in [4.69, 9.17) is 56.8 Å². The molecule has 0 amide bonds. The summed E-state index contributed by atoms with van der Waals surface area (Å²) in [5.41, 5.74) is 0. The van der Waals surface area contributed by atoms with Gasteiger partial charge in [-0.05, 0) is 12.8 Å². The van der Waals surface area contributed by atoms with Crippen LogP contribution in [0.4, 0.5) is 0 Å². The van der Waals surface area contributed by atoms with Gasteiger partial charge in [-0.15, -0.1) is 0 Å². The van der Waals surface area contributed by atoms with E-state index in [1.54, 1.807) is 0 Å². The third-order valence-electron chi connectivity index (χ3n) is 7.00. The minimum atomic E-state index is -1.41. The Labute approximate surface area is 299 Å². The van der Waals surface area contributed by atoms with Gasteiger partial charge in [-0.25, -0.2) is 0 Å². The van der Waals surface area contributed by atoms with E-state index >= 15 is 0 Å². The van der Waals surface area contributed by atoms with E-state index in [0.29, 0.717) is 0 Å². The Kier molecular flexibility index (Phi) is 17.8. The fraction of sp³-hybridized carbons (Fsp3) is 0.750. The summed E-state index contributed by atoms with van der Waals surface area (Å²) in [5.74, 6) is -6.10. The predicted molar refractivity (Wildman–Crippen MR) is 165 cm³/mol. The van der Waals surface area contributed by atoms with E-state index in [9.17, 15) is 38.4 Å². The average Bonchev–Trinajstić information content (AvgIpc) is 3.00. The zero-order valence-corrected chi connectivity index (χ0v) is 30.2. The highest BCUT2D eigenvalue weighted by molar-refractivity contribution is 5.70. The van der Waals surface area contributed by atoms with Crippen molar-refractivity contribution in [3.8, 4) is 0 Å². The summed E-state index contributed by atoms with van der Waals surface area (Å²) in [6, 6.07) is 0. The quantitative estimate of drug-likeness (QED) is 0.107. The van der Waals surface area contributed by atoms with Crippen molar-refractivity contribution in [3.05, 3.63) is 0 Å². The maximum absolute atomic E-state index is 12.0. The predicted octanol–water partition coefficient (Wildman–Crippen LogP) is -0.0340. The third kappa shape index (κ3) is 14.7. The molecule has 10 atom stereocenters. The van der Waals surface area contributed by atoms with Gasteiger partial charge in [-0.2, -0.15) is 0 Å². The molecule has 2 saturated heterocycles. The molecule has 0 aliphatic carbocycles. The van der Waals surface area contributed by atoms with Crippen molar-refractivity contribution in [2.45, 2.75) is 130 Å². The van der Waals surface area contributed by atoms with Crippen molar-refractivity contribution in [1.29, 1.82) is 0 Å². The maximum atomic E-state index is 12.0. The van der Waals surface area contributed by atoms with Gasteiger partial charge in [-0.3, -0.25) is 38.4 Å². The molecule has 2 unspecified atom stereocenters. The number of carbonyl (C=O) groups excluding carboxylic acids is 8. The number of hydrogen-bond donors (Lipinski definition) is 0. The molecule has 294 valence electrons. The van der Waals surface area contributed by atoms with Gasteiger partial charge in [0.25, 0.3) is 0 Å². The molecule has 0 aromatic rings. The fourth-order valence-corrected chi connectivity index (χ4v) is 5.25. The van der Waals surface area contributed by atoms with Crippen molar-refractivity contribution in [3.63, 3.8) is 0 Å². The standard InChI is InChI=1S/C32H46O20/c1-15(33)43-13-23-25(45-17(3)35)27(47-19(5)37)29(49-21(7)39)31(51-23)41-11-9-10-12-42-32-30(50-22(8)40)28(48-20(6)38)26(46-18(4)36)24(52-32)14-44-16(2)34/h23-32H,9-14H2,1-8H3/t23-,24-,25-,26-,27+,28+,29-,30-,31?,32?/m1/s1. The first-order chi connectivity index (χ1) is 24.4. The first-order valence-electron chi connectivity index (χ1n) is 16.2. The lowest BCUT2D eigenvalue weighted by Gasteiger charge is -2.44. The van der Waals surface area contributed by atoms with Gasteiger partial charge in [0.1, 0.15) is 25.4 Å². The topological polar surface area (TPSA) is 247 Å². The monoisotopic (exact) mass is 750 g/mol. The van der Waals surface area contributed by atoms with Crippen molar-refractivity contribution in [2.75, 3.05) is 26.4 Å². The minimum absolute atomic E-state index is 0.0737. The second-order valence-corrected chi connectivity index (χ2v) is 11.6. The molecule has 2 heterocycles. The summed E-state index contributed by atoms with van der Waals surface area (Å²) in [4.78, 5) is 95.1.